The lowest BCUT2D eigenvalue weighted by atomic mass is 10.0. The predicted octanol–water partition coefficient (Wildman–Crippen LogP) is 3.58. The third-order valence-electron chi connectivity index (χ3n) is 5.42. The first-order chi connectivity index (χ1) is 14.3. The Morgan fingerprint density at radius 2 is 2.03 bits per heavy atom. The fourth-order valence-electron chi connectivity index (χ4n) is 3.92. The van der Waals surface area contributed by atoms with Crippen LogP contribution in [0.15, 0.2) is 38.3 Å². The van der Waals surface area contributed by atoms with Gasteiger partial charge in [0.05, 0.1) is 10.9 Å². The van der Waals surface area contributed by atoms with Gasteiger partial charge in [0, 0.05) is 28.9 Å². The van der Waals surface area contributed by atoms with Crippen molar-refractivity contribution in [1.82, 2.24) is 14.5 Å². The summed E-state index contributed by atoms with van der Waals surface area (Å²) in [6.45, 7) is 6.84. The Balaban J connectivity index is 1.97. The van der Waals surface area contributed by atoms with Gasteiger partial charge in [0.2, 0.25) is 0 Å². The van der Waals surface area contributed by atoms with E-state index in [0.29, 0.717) is 25.2 Å². The summed E-state index contributed by atoms with van der Waals surface area (Å²) in [5, 5.41) is 0.169. The van der Waals surface area contributed by atoms with Crippen LogP contribution in [0.5, 0.6) is 0 Å². The lowest BCUT2D eigenvalue weighted by molar-refractivity contribution is 0.0990. The quantitative estimate of drug-likeness (QED) is 0.630. The summed E-state index contributed by atoms with van der Waals surface area (Å²) < 4.78 is 2.42. The number of anilines is 1. The second-order valence-corrected chi connectivity index (χ2v) is 8.75. The highest BCUT2D eigenvalue weighted by Crippen LogP contribution is 2.32. The second kappa shape index (κ2) is 7.83. The number of amides is 1. The Morgan fingerprint density at radius 3 is 2.73 bits per heavy atom. The summed E-state index contributed by atoms with van der Waals surface area (Å²) in [6, 6.07) is 7.52. The number of carbonyl (C=O) groups is 1. The van der Waals surface area contributed by atoms with E-state index in [9.17, 15) is 14.4 Å². The van der Waals surface area contributed by atoms with Gasteiger partial charge in [-0.25, -0.2) is 9.78 Å². The first kappa shape index (κ1) is 20.5. The highest BCUT2D eigenvalue weighted by Gasteiger charge is 2.29. The molecule has 0 spiro atoms. The van der Waals surface area contributed by atoms with Crippen molar-refractivity contribution in [1.29, 1.82) is 0 Å². The summed E-state index contributed by atoms with van der Waals surface area (Å²) in [7, 11) is 0. The molecule has 0 radical (unpaired) electrons. The number of H-pyrrole nitrogens is 1. The number of hydrogen-bond donors (Lipinski definition) is 1. The number of carbonyl (C=O) groups excluding carboxylic acids is 1. The van der Waals surface area contributed by atoms with E-state index in [1.807, 2.05) is 39.0 Å². The molecule has 0 atom stereocenters. The standard InChI is InChI=1S/C22H23BrN4O3/c1-4-8-27-19-18(20(28)25-22(27)30)15(11-16(24-19)12(2)3)21(29)26-9-7-13-10-14(23)5-6-17(13)26/h5-6,10-12H,4,7-9H2,1-3H3,(H,25,28,30). The van der Waals surface area contributed by atoms with Crippen molar-refractivity contribution in [2.45, 2.75) is 46.1 Å². The molecule has 1 aromatic carbocycles. The first-order valence-electron chi connectivity index (χ1n) is 10.1. The molecule has 0 unspecified atom stereocenters. The van der Waals surface area contributed by atoms with Crippen LogP contribution in [0, 0.1) is 0 Å². The highest BCUT2D eigenvalue weighted by atomic mass is 79.9. The van der Waals surface area contributed by atoms with E-state index in [1.54, 1.807) is 11.0 Å². The number of aromatic nitrogens is 3. The highest BCUT2D eigenvalue weighted by molar-refractivity contribution is 9.10. The summed E-state index contributed by atoms with van der Waals surface area (Å²) in [4.78, 5) is 47.5. The molecular formula is C22H23BrN4O3. The van der Waals surface area contributed by atoms with E-state index in [0.717, 1.165) is 22.1 Å². The minimum atomic E-state index is -0.580. The Morgan fingerprint density at radius 1 is 1.27 bits per heavy atom. The monoisotopic (exact) mass is 470 g/mol. The van der Waals surface area contributed by atoms with Gasteiger partial charge in [0.1, 0.15) is 0 Å². The average molecular weight is 471 g/mol. The summed E-state index contributed by atoms with van der Waals surface area (Å²) in [5.74, 6) is -0.218. The molecule has 3 heterocycles. The van der Waals surface area contributed by atoms with Crippen LogP contribution in [0.2, 0.25) is 0 Å². The van der Waals surface area contributed by atoms with Crippen LogP contribution in [0.1, 0.15) is 54.7 Å². The number of benzene rings is 1. The van der Waals surface area contributed by atoms with Crippen LogP contribution in [-0.4, -0.2) is 27.0 Å². The number of hydrogen-bond acceptors (Lipinski definition) is 4. The molecule has 8 heteroatoms. The molecule has 0 saturated heterocycles. The molecule has 7 nitrogen and oxygen atoms in total. The number of aryl methyl sites for hydroxylation is 1. The summed E-state index contributed by atoms with van der Waals surface area (Å²) >= 11 is 3.47. The predicted molar refractivity (Wildman–Crippen MR) is 121 cm³/mol. The number of halogens is 1. The van der Waals surface area contributed by atoms with Crippen molar-refractivity contribution >= 4 is 38.6 Å². The van der Waals surface area contributed by atoms with E-state index in [4.69, 9.17) is 0 Å². The Hall–Kier alpha value is -2.74. The molecule has 1 aliphatic heterocycles. The van der Waals surface area contributed by atoms with Crippen molar-refractivity contribution in [3.05, 3.63) is 66.4 Å². The van der Waals surface area contributed by atoms with Crippen molar-refractivity contribution < 1.29 is 4.79 Å². The maximum Gasteiger partial charge on any atom is 0.329 e. The fourth-order valence-corrected chi connectivity index (χ4v) is 4.32. The lowest BCUT2D eigenvalue weighted by Gasteiger charge is -2.20. The van der Waals surface area contributed by atoms with Crippen molar-refractivity contribution in [2.75, 3.05) is 11.4 Å². The van der Waals surface area contributed by atoms with E-state index in [1.165, 1.54) is 4.57 Å². The van der Waals surface area contributed by atoms with Gasteiger partial charge in [-0.3, -0.25) is 19.1 Å². The van der Waals surface area contributed by atoms with Crippen LogP contribution >= 0.6 is 15.9 Å². The summed E-state index contributed by atoms with van der Waals surface area (Å²) in [6.07, 6.45) is 1.45. The molecule has 156 valence electrons. The van der Waals surface area contributed by atoms with Crippen molar-refractivity contribution in [3.8, 4) is 0 Å². The van der Waals surface area contributed by atoms with E-state index in [2.05, 4.69) is 25.9 Å². The Bertz CT molecular complexity index is 1280. The molecular weight excluding hydrogens is 448 g/mol. The minimum absolute atomic E-state index is 0.0345. The molecule has 2 aromatic heterocycles. The second-order valence-electron chi connectivity index (χ2n) is 7.84. The molecule has 3 aromatic rings. The number of aromatic amines is 1. The molecule has 1 aliphatic rings. The minimum Gasteiger partial charge on any atom is -0.308 e. The van der Waals surface area contributed by atoms with Gasteiger partial charge in [-0.05, 0) is 48.6 Å². The maximum absolute atomic E-state index is 13.6. The largest absolute Gasteiger partial charge is 0.329 e. The molecule has 4 rings (SSSR count). The van der Waals surface area contributed by atoms with Gasteiger partial charge < -0.3 is 4.90 Å². The zero-order valence-electron chi connectivity index (χ0n) is 17.2. The van der Waals surface area contributed by atoms with E-state index >= 15 is 0 Å². The smallest absolute Gasteiger partial charge is 0.308 e. The number of fused-ring (bicyclic) bond motifs is 2. The summed E-state index contributed by atoms with van der Waals surface area (Å²) in [5.41, 5.74) is 2.08. The number of pyridine rings is 1. The van der Waals surface area contributed by atoms with Crippen LogP contribution in [-0.2, 0) is 13.0 Å². The van der Waals surface area contributed by atoms with Gasteiger partial charge in [-0.1, -0.05) is 36.7 Å². The number of nitrogens with zero attached hydrogens (tertiary/aromatic N) is 3. The first-order valence-corrected chi connectivity index (χ1v) is 10.9. The lowest BCUT2D eigenvalue weighted by Crippen LogP contribution is -2.35. The molecule has 1 N–H and O–H groups in total. The van der Waals surface area contributed by atoms with Gasteiger partial charge in [-0.2, -0.15) is 0 Å². The SMILES string of the molecule is CCCn1c(=O)[nH]c(=O)c2c(C(=O)N3CCc4cc(Br)ccc43)cc(C(C)C)nc21. The zero-order chi connectivity index (χ0) is 21.6. The Kier molecular flexibility index (Phi) is 5.36. The fraction of sp³-hybridized carbons (Fsp3) is 0.364. The van der Waals surface area contributed by atoms with E-state index < -0.39 is 11.2 Å². The molecule has 0 fully saturated rings. The maximum atomic E-state index is 13.6. The van der Waals surface area contributed by atoms with Gasteiger partial charge in [0.25, 0.3) is 11.5 Å². The third kappa shape index (κ3) is 3.39. The number of rotatable bonds is 4. The van der Waals surface area contributed by atoms with Gasteiger partial charge in [-0.15, -0.1) is 0 Å². The van der Waals surface area contributed by atoms with Gasteiger partial charge in [0.15, 0.2) is 5.65 Å². The van der Waals surface area contributed by atoms with Crippen molar-refractivity contribution in [3.63, 3.8) is 0 Å². The van der Waals surface area contributed by atoms with Crippen LogP contribution in [0.4, 0.5) is 5.69 Å². The van der Waals surface area contributed by atoms with E-state index in [-0.39, 0.29) is 28.4 Å². The third-order valence-corrected chi connectivity index (χ3v) is 5.91. The zero-order valence-corrected chi connectivity index (χ0v) is 18.7. The molecule has 1 amide bonds. The van der Waals surface area contributed by atoms with Crippen LogP contribution < -0.4 is 16.1 Å². The van der Waals surface area contributed by atoms with Crippen molar-refractivity contribution in [2.24, 2.45) is 0 Å². The average Bonchev–Trinajstić information content (AvgIpc) is 3.12. The molecule has 30 heavy (non-hydrogen) atoms. The number of nitrogens with one attached hydrogen (secondary N) is 1. The normalized spacial score (nSPS) is 13.3. The molecule has 0 saturated carbocycles. The Labute approximate surface area is 181 Å². The van der Waals surface area contributed by atoms with Gasteiger partial charge >= 0.3 is 5.69 Å². The molecule has 0 aliphatic carbocycles. The van der Waals surface area contributed by atoms with Crippen LogP contribution in [0.25, 0.3) is 11.0 Å². The van der Waals surface area contributed by atoms with Crippen LogP contribution in [0.3, 0.4) is 0 Å². The topological polar surface area (TPSA) is 88.1 Å². The molecule has 0 bridgehead atoms.